The van der Waals surface area contributed by atoms with Crippen LogP contribution in [0.5, 0.6) is 11.5 Å². The van der Waals surface area contributed by atoms with Crippen molar-refractivity contribution in [3.8, 4) is 22.8 Å². The maximum Gasteiger partial charge on any atom is 0.273 e. The summed E-state index contributed by atoms with van der Waals surface area (Å²) in [4.78, 5) is 12.6. The Kier molecular flexibility index (Phi) is 5.02. The minimum atomic E-state index is -0.204. The summed E-state index contributed by atoms with van der Waals surface area (Å²) in [7, 11) is 3.27. The number of aromatic nitrogens is 1. The summed E-state index contributed by atoms with van der Waals surface area (Å²) in [6.07, 6.45) is 2.31. The largest absolute Gasteiger partial charge is 0.497 e. The molecule has 0 fully saturated rings. The third-order valence-corrected chi connectivity index (χ3v) is 5.07. The third-order valence-electron chi connectivity index (χ3n) is 5.07. The fourth-order valence-electron chi connectivity index (χ4n) is 3.50. The molecule has 1 N–H and O–H groups in total. The van der Waals surface area contributed by atoms with E-state index in [4.69, 9.17) is 14.0 Å². The van der Waals surface area contributed by atoms with Gasteiger partial charge >= 0.3 is 0 Å². The SMILES string of the molecule is COc1ccc(CCNC(=O)c2noc3c2CCc2ccc(OC)cc2-3)cc1. The molecule has 0 saturated carbocycles. The first-order valence-electron chi connectivity index (χ1n) is 9.26. The summed E-state index contributed by atoms with van der Waals surface area (Å²) in [5.41, 5.74) is 4.49. The molecular formula is C22H22N2O4. The maximum absolute atomic E-state index is 12.6. The van der Waals surface area contributed by atoms with Gasteiger partial charge in [0.2, 0.25) is 0 Å². The summed E-state index contributed by atoms with van der Waals surface area (Å²) in [6, 6.07) is 13.7. The van der Waals surface area contributed by atoms with Crippen LogP contribution < -0.4 is 14.8 Å². The van der Waals surface area contributed by atoms with Crippen LogP contribution in [0, 0.1) is 0 Å². The summed E-state index contributed by atoms with van der Waals surface area (Å²) in [5.74, 6) is 2.04. The topological polar surface area (TPSA) is 73.6 Å². The van der Waals surface area contributed by atoms with E-state index in [0.717, 1.165) is 47.5 Å². The molecule has 1 aliphatic carbocycles. The van der Waals surface area contributed by atoms with Gasteiger partial charge in [0.05, 0.1) is 14.2 Å². The van der Waals surface area contributed by atoms with E-state index in [9.17, 15) is 4.79 Å². The number of fused-ring (bicyclic) bond motifs is 3. The van der Waals surface area contributed by atoms with Gasteiger partial charge in [0.1, 0.15) is 11.5 Å². The maximum atomic E-state index is 12.6. The molecule has 1 aromatic heterocycles. The molecule has 144 valence electrons. The van der Waals surface area contributed by atoms with E-state index in [1.54, 1.807) is 14.2 Å². The van der Waals surface area contributed by atoms with Gasteiger partial charge in [-0.1, -0.05) is 23.4 Å². The monoisotopic (exact) mass is 378 g/mol. The number of amides is 1. The van der Waals surface area contributed by atoms with Crippen LogP contribution in [0.4, 0.5) is 0 Å². The number of aryl methyl sites for hydroxylation is 1. The van der Waals surface area contributed by atoms with E-state index >= 15 is 0 Å². The standard InChI is InChI=1S/C22H22N2O4/c1-26-16-7-3-14(4-8-16)11-12-23-22(25)20-18-10-6-15-5-9-17(27-2)13-19(15)21(18)28-24-20/h3-5,7-9,13H,6,10-12H2,1-2H3,(H,23,25). The van der Waals surface area contributed by atoms with Gasteiger partial charge in [-0.25, -0.2) is 0 Å². The average Bonchev–Trinajstić information content (AvgIpc) is 3.18. The van der Waals surface area contributed by atoms with Crippen LogP contribution in [0.25, 0.3) is 11.3 Å². The molecular weight excluding hydrogens is 356 g/mol. The summed E-state index contributed by atoms with van der Waals surface area (Å²) in [5, 5.41) is 7.00. The number of hydrogen-bond donors (Lipinski definition) is 1. The lowest BCUT2D eigenvalue weighted by Gasteiger charge is -2.15. The van der Waals surface area contributed by atoms with Crippen LogP contribution in [0.1, 0.15) is 27.2 Å². The zero-order valence-corrected chi connectivity index (χ0v) is 16.0. The Morgan fingerprint density at radius 3 is 2.57 bits per heavy atom. The van der Waals surface area contributed by atoms with Gasteiger partial charge in [-0.05, 0) is 54.7 Å². The molecule has 1 aliphatic rings. The van der Waals surface area contributed by atoms with Gasteiger partial charge in [-0.15, -0.1) is 0 Å². The molecule has 6 nitrogen and oxygen atoms in total. The number of rotatable bonds is 6. The van der Waals surface area contributed by atoms with Crippen molar-refractivity contribution in [2.75, 3.05) is 20.8 Å². The summed E-state index contributed by atoms with van der Waals surface area (Å²) >= 11 is 0. The van der Waals surface area contributed by atoms with Gasteiger partial charge in [0, 0.05) is 17.7 Å². The fourth-order valence-corrected chi connectivity index (χ4v) is 3.50. The highest BCUT2D eigenvalue weighted by Crippen LogP contribution is 2.37. The highest BCUT2D eigenvalue weighted by molar-refractivity contribution is 5.95. The second kappa shape index (κ2) is 7.76. The van der Waals surface area contributed by atoms with Crippen molar-refractivity contribution < 1.29 is 18.8 Å². The van der Waals surface area contributed by atoms with Crippen molar-refractivity contribution >= 4 is 5.91 Å². The Bertz CT molecular complexity index is 992. The van der Waals surface area contributed by atoms with Gasteiger partial charge in [0.15, 0.2) is 11.5 Å². The van der Waals surface area contributed by atoms with E-state index in [-0.39, 0.29) is 5.91 Å². The van der Waals surface area contributed by atoms with E-state index < -0.39 is 0 Å². The molecule has 2 aromatic carbocycles. The smallest absolute Gasteiger partial charge is 0.273 e. The first-order chi connectivity index (χ1) is 13.7. The molecule has 0 radical (unpaired) electrons. The van der Waals surface area contributed by atoms with Crippen molar-refractivity contribution in [3.05, 3.63) is 64.8 Å². The predicted octanol–water partition coefficient (Wildman–Crippen LogP) is 3.43. The number of ether oxygens (including phenoxy) is 2. The van der Waals surface area contributed by atoms with Gasteiger partial charge in [-0.3, -0.25) is 4.79 Å². The minimum Gasteiger partial charge on any atom is -0.497 e. The van der Waals surface area contributed by atoms with Crippen LogP contribution in [0.15, 0.2) is 47.0 Å². The molecule has 0 unspecified atom stereocenters. The number of hydrogen-bond acceptors (Lipinski definition) is 5. The summed E-state index contributed by atoms with van der Waals surface area (Å²) in [6.45, 7) is 0.525. The Hall–Kier alpha value is -3.28. The second-order valence-electron chi connectivity index (χ2n) is 6.72. The van der Waals surface area contributed by atoms with E-state index in [2.05, 4.69) is 10.5 Å². The van der Waals surface area contributed by atoms with Crippen molar-refractivity contribution in [1.29, 1.82) is 0 Å². The molecule has 1 amide bonds. The lowest BCUT2D eigenvalue weighted by Crippen LogP contribution is -2.27. The first kappa shape index (κ1) is 18.1. The van der Waals surface area contributed by atoms with Crippen LogP contribution in [0.3, 0.4) is 0 Å². The zero-order valence-electron chi connectivity index (χ0n) is 16.0. The molecule has 3 aromatic rings. The zero-order chi connectivity index (χ0) is 19.5. The van der Waals surface area contributed by atoms with Crippen LogP contribution in [-0.4, -0.2) is 31.8 Å². The molecule has 28 heavy (non-hydrogen) atoms. The molecule has 0 aliphatic heterocycles. The van der Waals surface area contributed by atoms with E-state index in [1.807, 2.05) is 42.5 Å². The Morgan fingerprint density at radius 1 is 1.07 bits per heavy atom. The van der Waals surface area contributed by atoms with E-state index in [0.29, 0.717) is 18.0 Å². The molecule has 1 heterocycles. The van der Waals surface area contributed by atoms with Crippen LogP contribution in [-0.2, 0) is 19.3 Å². The summed E-state index contributed by atoms with van der Waals surface area (Å²) < 4.78 is 16.0. The lowest BCUT2D eigenvalue weighted by molar-refractivity contribution is 0.0944. The number of methoxy groups -OCH3 is 2. The molecule has 4 rings (SSSR count). The molecule has 6 heteroatoms. The second-order valence-corrected chi connectivity index (χ2v) is 6.72. The minimum absolute atomic E-state index is 0.204. The third kappa shape index (κ3) is 3.45. The van der Waals surface area contributed by atoms with E-state index in [1.165, 1.54) is 5.56 Å². The number of nitrogens with one attached hydrogen (secondary N) is 1. The molecule has 0 atom stereocenters. The highest BCUT2D eigenvalue weighted by Gasteiger charge is 2.27. The normalized spacial score (nSPS) is 12.1. The van der Waals surface area contributed by atoms with Gasteiger partial charge in [0.25, 0.3) is 5.91 Å². The van der Waals surface area contributed by atoms with Crippen LogP contribution >= 0.6 is 0 Å². The van der Waals surface area contributed by atoms with Crippen molar-refractivity contribution in [2.45, 2.75) is 19.3 Å². The number of carbonyl (C=O) groups is 1. The average molecular weight is 378 g/mol. The fraction of sp³-hybridized carbons (Fsp3) is 0.273. The molecule has 0 saturated heterocycles. The number of carbonyl (C=O) groups excluding carboxylic acids is 1. The van der Waals surface area contributed by atoms with Crippen LogP contribution in [0.2, 0.25) is 0 Å². The molecule has 0 bridgehead atoms. The first-order valence-corrected chi connectivity index (χ1v) is 9.26. The highest BCUT2D eigenvalue weighted by atomic mass is 16.5. The Balaban J connectivity index is 1.45. The van der Waals surface area contributed by atoms with Crippen molar-refractivity contribution in [3.63, 3.8) is 0 Å². The molecule has 0 spiro atoms. The van der Waals surface area contributed by atoms with Crippen molar-refractivity contribution in [1.82, 2.24) is 10.5 Å². The van der Waals surface area contributed by atoms with Crippen molar-refractivity contribution in [2.24, 2.45) is 0 Å². The predicted molar refractivity (Wildman–Crippen MR) is 105 cm³/mol. The quantitative estimate of drug-likeness (QED) is 0.711. The Morgan fingerprint density at radius 2 is 1.82 bits per heavy atom. The Labute approximate surface area is 163 Å². The van der Waals surface area contributed by atoms with Gasteiger partial charge in [-0.2, -0.15) is 0 Å². The number of nitrogens with zero attached hydrogens (tertiary/aromatic N) is 1. The van der Waals surface area contributed by atoms with Gasteiger partial charge < -0.3 is 19.3 Å². The lowest BCUT2D eigenvalue weighted by atomic mass is 9.89. The number of benzene rings is 2.